The van der Waals surface area contributed by atoms with Crippen LogP contribution in [0.4, 0.5) is 0 Å². The zero-order chi connectivity index (χ0) is 11.8. The molecule has 5 nitrogen and oxygen atoms in total. The monoisotopic (exact) mass is 244 g/mol. The third-order valence-electron chi connectivity index (χ3n) is 0.842. The Hall–Kier alpha value is 0.354. The first-order valence-corrected chi connectivity index (χ1v) is 5.09. The van der Waals surface area contributed by atoms with Crippen molar-refractivity contribution in [1.82, 2.24) is 0 Å². The number of ether oxygens (including phenoxy) is 2. The summed E-state index contributed by atoms with van der Waals surface area (Å²) < 4.78 is 17.5. The molecule has 0 aliphatic carbocycles. The maximum atomic E-state index is 8.60. The summed E-state index contributed by atoms with van der Waals surface area (Å²) in [5, 5.41) is 16.5. The topological polar surface area (TPSA) is 76.0 Å². The fourth-order valence-corrected chi connectivity index (χ4v) is 0.333. The van der Waals surface area contributed by atoms with Crippen LogP contribution >= 0.6 is 0 Å². The van der Waals surface area contributed by atoms with Crippen molar-refractivity contribution >= 4 is 0 Å². The molecular formula is C8H20O5Ti. The SMILES string of the molecule is CCCO.CCOC(O)OCC.[O]=[Ti]. The van der Waals surface area contributed by atoms with Crippen molar-refractivity contribution in [3.8, 4) is 0 Å². The molecule has 0 atom stereocenters. The zero-order valence-electron chi connectivity index (χ0n) is 9.02. The summed E-state index contributed by atoms with van der Waals surface area (Å²) in [6.45, 7) is 5.75. The van der Waals surface area contributed by atoms with Gasteiger partial charge in [0.05, 0.1) is 0 Å². The molecule has 2 N–H and O–H groups in total. The summed E-state index contributed by atoms with van der Waals surface area (Å²) >= 11 is 0.750. The van der Waals surface area contributed by atoms with Crippen LogP contribution in [0, 0.1) is 0 Å². The number of hydrogen-bond acceptors (Lipinski definition) is 5. The molecule has 6 heteroatoms. The molecule has 0 saturated heterocycles. The van der Waals surface area contributed by atoms with Crippen LogP contribution in [-0.4, -0.2) is 36.5 Å². The van der Waals surface area contributed by atoms with Crippen molar-refractivity contribution in [2.75, 3.05) is 19.8 Å². The van der Waals surface area contributed by atoms with Crippen LogP contribution in [0.25, 0.3) is 0 Å². The summed E-state index contributed by atoms with van der Waals surface area (Å²) in [4.78, 5) is 0. The maximum absolute atomic E-state index is 8.60. The van der Waals surface area contributed by atoms with Crippen molar-refractivity contribution in [3.63, 3.8) is 0 Å². The van der Waals surface area contributed by atoms with E-state index in [1.165, 1.54) is 0 Å². The second-order valence-corrected chi connectivity index (χ2v) is 1.94. The van der Waals surface area contributed by atoms with E-state index < -0.39 is 6.48 Å². The van der Waals surface area contributed by atoms with Gasteiger partial charge in [0.2, 0.25) is 0 Å². The molecule has 0 amide bonds. The summed E-state index contributed by atoms with van der Waals surface area (Å²) in [6.07, 6.45) is 0.875. The average molecular weight is 244 g/mol. The van der Waals surface area contributed by atoms with E-state index in [0.717, 1.165) is 26.8 Å². The molecule has 0 heterocycles. The predicted molar refractivity (Wildman–Crippen MR) is 47.3 cm³/mol. The molecule has 0 bridgehead atoms. The van der Waals surface area contributed by atoms with Gasteiger partial charge in [-0.05, 0) is 20.3 Å². The number of rotatable bonds is 5. The minimum atomic E-state index is -1.04. The van der Waals surface area contributed by atoms with Crippen LogP contribution in [0.5, 0.6) is 0 Å². The molecule has 0 aromatic carbocycles. The van der Waals surface area contributed by atoms with Gasteiger partial charge in [0.25, 0.3) is 6.48 Å². The van der Waals surface area contributed by atoms with E-state index in [1.807, 2.05) is 6.92 Å². The van der Waals surface area contributed by atoms with Gasteiger partial charge >= 0.3 is 23.7 Å². The van der Waals surface area contributed by atoms with Gasteiger partial charge in [-0.2, -0.15) is 0 Å². The van der Waals surface area contributed by atoms with E-state index in [-0.39, 0.29) is 0 Å². The van der Waals surface area contributed by atoms with Gasteiger partial charge in [0, 0.05) is 19.8 Å². The molecule has 0 radical (unpaired) electrons. The van der Waals surface area contributed by atoms with Gasteiger partial charge in [-0.25, -0.2) is 0 Å². The number of aliphatic hydroxyl groups excluding tert-OH is 2. The summed E-state index contributed by atoms with van der Waals surface area (Å²) in [5.41, 5.74) is 0. The van der Waals surface area contributed by atoms with Crippen LogP contribution < -0.4 is 0 Å². The van der Waals surface area contributed by atoms with Gasteiger partial charge in [0.15, 0.2) is 0 Å². The third kappa shape index (κ3) is 29.4. The van der Waals surface area contributed by atoms with E-state index in [9.17, 15) is 0 Å². The molecule has 0 aromatic heterocycles. The first-order chi connectivity index (χ1) is 6.72. The molecule has 0 aliphatic rings. The van der Waals surface area contributed by atoms with Crippen LogP contribution in [-0.2, 0) is 33.2 Å². The summed E-state index contributed by atoms with van der Waals surface area (Å²) in [6, 6.07) is 0. The minimum absolute atomic E-state index is 0.319. The Bertz CT molecular complexity index is 76.1. The molecule has 0 unspecified atom stereocenters. The Kier molecular flexibility index (Phi) is 33.0. The van der Waals surface area contributed by atoms with Crippen molar-refractivity contribution < 1.29 is 43.4 Å². The Morgan fingerprint density at radius 2 is 1.43 bits per heavy atom. The van der Waals surface area contributed by atoms with Crippen LogP contribution in [0.3, 0.4) is 0 Å². The van der Waals surface area contributed by atoms with Crippen molar-refractivity contribution in [2.45, 2.75) is 33.7 Å². The first kappa shape index (κ1) is 19.9. The average Bonchev–Trinajstić information content (AvgIpc) is 2.22. The Morgan fingerprint density at radius 1 is 1.14 bits per heavy atom. The molecule has 14 heavy (non-hydrogen) atoms. The van der Waals surface area contributed by atoms with Gasteiger partial charge < -0.3 is 19.7 Å². The molecule has 0 aromatic rings. The zero-order valence-corrected chi connectivity index (χ0v) is 10.6. The normalized spacial score (nSPS) is 8.36. The van der Waals surface area contributed by atoms with Gasteiger partial charge in [-0.1, -0.05) is 6.92 Å². The quantitative estimate of drug-likeness (QED) is 0.547. The number of aliphatic hydroxyl groups is 2. The van der Waals surface area contributed by atoms with E-state index in [4.69, 9.17) is 13.5 Å². The third-order valence-corrected chi connectivity index (χ3v) is 0.842. The van der Waals surface area contributed by atoms with Crippen molar-refractivity contribution in [3.05, 3.63) is 0 Å². The predicted octanol–water partition coefficient (Wildman–Crippen LogP) is 0.603. The Balaban J connectivity index is -0.000000170. The van der Waals surface area contributed by atoms with Gasteiger partial charge in [0.1, 0.15) is 0 Å². The summed E-state index contributed by atoms with van der Waals surface area (Å²) in [7, 11) is 0. The molecule has 0 spiro atoms. The van der Waals surface area contributed by atoms with E-state index >= 15 is 0 Å². The second kappa shape index (κ2) is 23.3. The molecular weight excluding hydrogens is 224 g/mol. The molecule has 0 saturated carbocycles. The molecule has 0 rings (SSSR count). The Labute approximate surface area is 97.1 Å². The van der Waals surface area contributed by atoms with Crippen LogP contribution in [0.2, 0.25) is 0 Å². The Morgan fingerprint density at radius 3 is 1.57 bits per heavy atom. The molecule has 0 fully saturated rings. The van der Waals surface area contributed by atoms with Crippen LogP contribution in [0.15, 0.2) is 0 Å². The van der Waals surface area contributed by atoms with Crippen molar-refractivity contribution in [2.24, 2.45) is 0 Å². The first-order valence-electron chi connectivity index (χ1n) is 4.45. The van der Waals surface area contributed by atoms with Gasteiger partial charge in [-0.15, -0.1) is 0 Å². The fraction of sp³-hybridized carbons (Fsp3) is 1.00. The molecule has 0 aliphatic heterocycles. The van der Waals surface area contributed by atoms with Crippen molar-refractivity contribution in [1.29, 1.82) is 0 Å². The van der Waals surface area contributed by atoms with Gasteiger partial charge in [-0.3, -0.25) is 0 Å². The van der Waals surface area contributed by atoms with Crippen LogP contribution in [0.1, 0.15) is 27.2 Å². The second-order valence-electron chi connectivity index (χ2n) is 1.94. The van der Waals surface area contributed by atoms with E-state index in [0.29, 0.717) is 19.8 Å². The van der Waals surface area contributed by atoms with E-state index in [1.54, 1.807) is 13.8 Å². The van der Waals surface area contributed by atoms with E-state index in [2.05, 4.69) is 9.47 Å². The summed E-state index contributed by atoms with van der Waals surface area (Å²) in [5.74, 6) is 0. The fourth-order valence-electron chi connectivity index (χ4n) is 0.333. The number of hydrogen-bond donors (Lipinski definition) is 2. The molecule has 86 valence electrons. The standard InChI is InChI=1S/C5H12O3.C3H8O.O.Ti/c1-3-7-5(6)8-4-2;1-2-3-4;;/h5-6H,3-4H2,1-2H3;4H,2-3H2,1H3;;.